The van der Waals surface area contributed by atoms with Gasteiger partial charge in [0, 0.05) is 18.7 Å². The highest BCUT2D eigenvalue weighted by Crippen LogP contribution is 2.24. The molecule has 0 bridgehead atoms. The topological polar surface area (TPSA) is 91.8 Å². The Balaban J connectivity index is 1.70. The fourth-order valence-corrected chi connectivity index (χ4v) is 5.03. The van der Waals surface area contributed by atoms with E-state index in [9.17, 15) is 18.0 Å². The molecule has 1 N–H and O–H groups in total. The third kappa shape index (κ3) is 4.86. The number of hydrogen-bond acceptors (Lipinski definition) is 4. The van der Waals surface area contributed by atoms with Crippen molar-refractivity contribution >= 4 is 27.9 Å². The zero-order valence-electron chi connectivity index (χ0n) is 17.0. The number of aryl methyl sites for hydroxylation is 2. The first-order chi connectivity index (χ1) is 14.2. The van der Waals surface area contributed by atoms with Crippen LogP contribution < -0.4 is 0 Å². The molecule has 2 aromatic carbocycles. The van der Waals surface area contributed by atoms with E-state index in [0.29, 0.717) is 18.4 Å². The molecule has 1 aliphatic heterocycles. The summed E-state index contributed by atoms with van der Waals surface area (Å²) in [6.45, 7) is 4.35. The van der Waals surface area contributed by atoms with Gasteiger partial charge in [0.25, 0.3) is 0 Å². The summed E-state index contributed by atoms with van der Waals surface area (Å²) in [6, 6.07) is 11.8. The number of aliphatic carboxylic acids is 1. The van der Waals surface area contributed by atoms with E-state index in [-0.39, 0.29) is 23.8 Å². The Bertz CT molecular complexity index is 1080. The van der Waals surface area contributed by atoms with Crippen molar-refractivity contribution in [1.29, 1.82) is 0 Å². The first-order valence-electron chi connectivity index (χ1n) is 9.81. The van der Waals surface area contributed by atoms with Gasteiger partial charge in [-0.15, -0.1) is 0 Å². The Kier molecular flexibility index (Phi) is 6.53. The van der Waals surface area contributed by atoms with Crippen molar-refractivity contribution in [2.24, 2.45) is 5.92 Å². The first kappa shape index (κ1) is 21.9. The highest BCUT2D eigenvalue weighted by atomic mass is 32.2. The zero-order valence-corrected chi connectivity index (χ0v) is 17.9. The van der Waals surface area contributed by atoms with Crippen LogP contribution in [0.3, 0.4) is 0 Å². The average Bonchev–Trinajstić information content (AvgIpc) is 2.73. The molecule has 6 nitrogen and oxygen atoms in total. The number of nitrogens with zero attached hydrogens (tertiary/aromatic N) is 1. The van der Waals surface area contributed by atoms with Gasteiger partial charge in [-0.25, -0.2) is 8.42 Å². The van der Waals surface area contributed by atoms with Gasteiger partial charge in [-0.3, -0.25) is 9.59 Å². The minimum atomic E-state index is -3.71. The molecule has 1 heterocycles. The maximum atomic E-state index is 12.8. The standard InChI is InChI=1S/C23H25NO5S/c1-16-3-4-18(17(2)15-16)7-10-22(25)19-5-8-21(9-6-19)30(28,29)24-13-11-20(12-14-24)23(26)27/h3-10,15,20H,11-14H2,1-2H3,(H,26,27)/b10-7+. The van der Waals surface area contributed by atoms with Crippen LogP contribution in [0.25, 0.3) is 6.08 Å². The number of carboxylic acid groups (broad SMARTS) is 1. The zero-order chi connectivity index (χ0) is 21.9. The molecule has 0 unspecified atom stereocenters. The Labute approximate surface area is 176 Å². The smallest absolute Gasteiger partial charge is 0.306 e. The van der Waals surface area contributed by atoms with Crippen LogP contribution in [0.2, 0.25) is 0 Å². The fraction of sp³-hybridized carbons (Fsp3) is 0.304. The number of allylic oxidation sites excluding steroid dienone is 1. The van der Waals surface area contributed by atoms with Gasteiger partial charge in [0.15, 0.2) is 5.78 Å². The second kappa shape index (κ2) is 8.93. The maximum absolute atomic E-state index is 12.8. The van der Waals surface area contributed by atoms with Crippen LogP contribution in [0.15, 0.2) is 53.4 Å². The molecule has 0 atom stereocenters. The van der Waals surface area contributed by atoms with Crippen molar-refractivity contribution in [2.75, 3.05) is 13.1 Å². The summed E-state index contributed by atoms with van der Waals surface area (Å²) < 4.78 is 26.9. The molecule has 7 heteroatoms. The lowest BCUT2D eigenvalue weighted by Crippen LogP contribution is -2.40. The van der Waals surface area contributed by atoms with Crippen LogP contribution in [0.4, 0.5) is 0 Å². The Hall–Kier alpha value is -2.77. The Morgan fingerprint density at radius 1 is 1.03 bits per heavy atom. The number of carbonyl (C=O) groups excluding carboxylic acids is 1. The molecule has 0 amide bonds. The highest BCUT2D eigenvalue weighted by molar-refractivity contribution is 7.89. The lowest BCUT2D eigenvalue weighted by atomic mass is 9.99. The van der Waals surface area contributed by atoms with Crippen LogP contribution in [0.1, 0.15) is 39.9 Å². The number of piperidine rings is 1. The summed E-state index contributed by atoms with van der Waals surface area (Å²) >= 11 is 0. The number of benzene rings is 2. The summed E-state index contributed by atoms with van der Waals surface area (Å²) in [7, 11) is -3.71. The molecule has 0 saturated carbocycles. The van der Waals surface area contributed by atoms with Crippen LogP contribution in [0, 0.1) is 19.8 Å². The van der Waals surface area contributed by atoms with Crippen molar-refractivity contribution in [3.05, 3.63) is 70.8 Å². The van der Waals surface area contributed by atoms with Crippen LogP contribution in [-0.2, 0) is 14.8 Å². The molecule has 0 aliphatic carbocycles. The largest absolute Gasteiger partial charge is 0.481 e. The third-order valence-electron chi connectivity index (χ3n) is 5.42. The summed E-state index contributed by atoms with van der Waals surface area (Å²) in [6.07, 6.45) is 3.84. The predicted molar refractivity (Wildman–Crippen MR) is 115 cm³/mol. The molecule has 1 aliphatic rings. The first-order valence-corrected chi connectivity index (χ1v) is 11.2. The van der Waals surface area contributed by atoms with E-state index in [1.165, 1.54) is 34.6 Å². The molecule has 2 aromatic rings. The molecule has 158 valence electrons. The van der Waals surface area contributed by atoms with E-state index in [1.54, 1.807) is 6.08 Å². The molecule has 3 rings (SSSR count). The van der Waals surface area contributed by atoms with Crippen molar-refractivity contribution in [3.63, 3.8) is 0 Å². The fourth-order valence-electron chi connectivity index (χ4n) is 3.56. The highest BCUT2D eigenvalue weighted by Gasteiger charge is 2.31. The van der Waals surface area contributed by atoms with Crippen molar-refractivity contribution < 1.29 is 23.1 Å². The van der Waals surface area contributed by atoms with Gasteiger partial charge in [0.05, 0.1) is 10.8 Å². The second-order valence-corrected chi connectivity index (χ2v) is 9.54. The van der Waals surface area contributed by atoms with Gasteiger partial charge in [0.2, 0.25) is 10.0 Å². The molecular weight excluding hydrogens is 402 g/mol. The van der Waals surface area contributed by atoms with Gasteiger partial charge in [0.1, 0.15) is 0 Å². The normalized spacial score (nSPS) is 16.1. The molecule has 1 saturated heterocycles. The molecular formula is C23H25NO5S. The summed E-state index contributed by atoms with van der Waals surface area (Å²) in [4.78, 5) is 23.6. The molecule has 0 radical (unpaired) electrons. The second-order valence-electron chi connectivity index (χ2n) is 7.60. The SMILES string of the molecule is Cc1ccc(/C=C/C(=O)c2ccc(S(=O)(=O)N3CCC(C(=O)O)CC3)cc2)c(C)c1. The maximum Gasteiger partial charge on any atom is 0.306 e. The monoisotopic (exact) mass is 427 g/mol. The van der Waals surface area contributed by atoms with Crippen molar-refractivity contribution in [3.8, 4) is 0 Å². The third-order valence-corrected chi connectivity index (χ3v) is 7.33. The molecule has 0 spiro atoms. The van der Waals surface area contributed by atoms with Crippen LogP contribution in [0.5, 0.6) is 0 Å². The Morgan fingerprint density at radius 2 is 1.67 bits per heavy atom. The van der Waals surface area contributed by atoms with Gasteiger partial charge < -0.3 is 5.11 Å². The number of rotatable bonds is 6. The van der Waals surface area contributed by atoms with E-state index in [0.717, 1.165) is 16.7 Å². The minimum Gasteiger partial charge on any atom is -0.481 e. The van der Waals surface area contributed by atoms with Crippen LogP contribution >= 0.6 is 0 Å². The van der Waals surface area contributed by atoms with E-state index in [2.05, 4.69) is 0 Å². The minimum absolute atomic E-state index is 0.103. The van der Waals surface area contributed by atoms with E-state index in [4.69, 9.17) is 5.11 Å². The van der Waals surface area contributed by atoms with Gasteiger partial charge >= 0.3 is 5.97 Å². The Morgan fingerprint density at radius 3 is 2.23 bits per heavy atom. The van der Waals surface area contributed by atoms with Crippen LogP contribution in [-0.4, -0.2) is 42.7 Å². The lowest BCUT2D eigenvalue weighted by molar-refractivity contribution is -0.142. The number of carboxylic acids is 1. The lowest BCUT2D eigenvalue weighted by Gasteiger charge is -2.29. The van der Waals surface area contributed by atoms with Gasteiger partial charge in [-0.05, 0) is 68.2 Å². The number of ketones is 1. The molecule has 0 aromatic heterocycles. The van der Waals surface area contributed by atoms with Crippen molar-refractivity contribution in [1.82, 2.24) is 4.31 Å². The molecule has 30 heavy (non-hydrogen) atoms. The van der Waals surface area contributed by atoms with E-state index < -0.39 is 21.9 Å². The van der Waals surface area contributed by atoms with E-state index in [1.807, 2.05) is 32.0 Å². The molecule has 1 fully saturated rings. The van der Waals surface area contributed by atoms with Gasteiger partial charge in [-0.1, -0.05) is 29.8 Å². The average molecular weight is 428 g/mol. The van der Waals surface area contributed by atoms with Gasteiger partial charge in [-0.2, -0.15) is 4.31 Å². The quantitative estimate of drug-likeness (QED) is 0.561. The summed E-state index contributed by atoms with van der Waals surface area (Å²) in [5.41, 5.74) is 3.59. The number of sulfonamides is 1. The summed E-state index contributed by atoms with van der Waals surface area (Å²) in [5.74, 6) is -1.59. The summed E-state index contributed by atoms with van der Waals surface area (Å²) in [5, 5.41) is 9.07. The predicted octanol–water partition coefficient (Wildman–Crippen LogP) is 3.68. The van der Waals surface area contributed by atoms with E-state index >= 15 is 0 Å². The number of carbonyl (C=O) groups is 2. The van der Waals surface area contributed by atoms with Crippen molar-refractivity contribution in [2.45, 2.75) is 31.6 Å². The number of hydrogen-bond donors (Lipinski definition) is 1.